The maximum atomic E-state index is 12.9. The quantitative estimate of drug-likeness (QED) is 0.788. The van der Waals surface area contributed by atoms with Gasteiger partial charge in [0, 0.05) is 5.56 Å². The van der Waals surface area contributed by atoms with Crippen molar-refractivity contribution in [2.75, 3.05) is 5.32 Å². The van der Waals surface area contributed by atoms with Crippen molar-refractivity contribution in [2.45, 2.75) is 12.6 Å². The minimum absolute atomic E-state index is 0.291. The fourth-order valence-electron chi connectivity index (χ4n) is 2.67. The third kappa shape index (κ3) is 2.80. The minimum atomic E-state index is -1.00. The van der Waals surface area contributed by atoms with Gasteiger partial charge < -0.3 is 5.32 Å². The zero-order chi connectivity index (χ0) is 15.8. The van der Waals surface area contributed by atoms with E-state index in [4.69, 9.17) is 0 Å². The van der Waals surface area contributed by atoms with E-state index in [0.29, 0.717) is 12.2 Å². The van der Waals surface area contributed by atoms with Gasteiger partial charge in [0.05, 0.1) is 11.6 Å². The molecule has 1 saturated carbocycles. The number of amides is 1. The molecule has 2 atom stereocenters. The van der Waals surface area contributed by atoms with Gasteiger partial charge in [-0.25, -0.2) is 9.37 Å². The molecule has 1 aromatic heterocycles. The number of hydrogen-bond acceptors (Lipinski definition) is 2. The van der Waals surface area contributed by atoms with E-state index in [1.807, 2.05) is 30.3 Å². The molecule has 3 nitrogen and oxygen atoms in total. The monoisotopic (exact) mass is 306 g/mol. The number of halogens is 1. The summed E-state index contributed by atoms with van der Waals surface area (Å²) in [4.78, 5) is 16.3. The number of alkyl halides is 1. The van der Waals surface area contributed by atoms with E-state index in [1.165, 1.54) is 5.39 Å². The van der Waals surface area contributed by atoms with Gasteiger partial charge in [-0.2, -0.15) is 0 Å². The zero-order valence-electron chi connectivity index (χ0n) is 12.4. The van der Waals surface area contributed by atoms with E-state index in [9.17, 15) is 9.18 Å². The smallest absolute Gasteiger partial charge is 0.231 e. The maximum absolute atomic E-state index is 12.9. The molecule has 0 spiro atoms. The van der Waals surface area contributed by atoms with Gasteiger partial charge in [0.1, 0.15) is 12.0 Å². The van der Waals surface area contributed by atoms with Crippen LogP contribution in [0.5, 0.6) is 0 Å². The van der Waals surface area contributed by atoms with Crippen molar-refractivity contribution < 1.29 is 9.18 Å². The first-order valence-electron chi connectivity index (χ1n) is 7.62. The lowest BCUT2D eigenvalue weighted by Gasteiger charge is -2.07. The predicted octanol–water partition coefficient (Wildman–Crippen LogP) is 4.20. The number of fused-ring (bicyclic) bond motifs is 1. The molecule has 1 heterocycles. The highest BCUT2D eigenvalue weighted by atomic mass is 19.1. The van der Waals surface area contributed by atoms with Crippen LogP contribution in [0.3, 0.4) is 0 Å². The minimum Gasteiger partial charge on any atom is -0.310 e. The lowest BCUT2D eigenvalue weighted by Crippen LogP contribution is -2.15. The Balaban J connectivity index is 1.62. The van der Waals surface area contributed by atoms with Crippen LogP contribution in [0.2, 0.25) is 0 Å². The number of hydrogen-bond donors (Lipinski definition) is 1. The first-order chi connectivity index (χ1) is 11.2. The number of nitrogens with zero attached hydrogens (tertiary/aromatic N) is 1. The van der Waals surface area contributed by atoms with Crippen LogP contribution in [-0.4, -0.2) is 17.1 Å². The van der Waals surface area contributed by atoms with Crippen molar-refractivity contribution in [1.82, 2.24) is 4.98 Å². The highest BCUT2D eigenvalue weighted by Crippen LogP contribution is 2.34. The molecule has 114 valence electrons. The largest absolute Gasteiger partial charge is 0.310 e. The van der Waals surface area contributed by atoms with Crippen LogP contribution in [-0.2, 0) is 4.79 Å². The highest BCUT2D eigenvalue weighted by molar-refractivity contribution is 5.94. The summed E-state index contributed by atoms with van der Waals surface area (Å²) < 4.78 is 12.9. The number of carbonyl (C=O) groups excluding carboxylic acids is 1. The van der Waals surface area contributed by atoms with Crippen LogP contribution in [0.25, 0.3) is 22.0 Å². The summed E-state index contributed by atoms with van der Waals surface area (Å²) in [6.07, 6.45) is -0.686. The Morgan fingerprint density at radius 3 is 2.61 bits per heavy atom. The second kappa shape index (κ2) is 5.47. The summed E-state index contributed by atoms with van der Waals surface area (Å²) in [5.41, 5.74) is 1.76. The third-order valence-electron chi connectivity index (χ3n) is 4.09. The normalized spacial score (nSPS) is 19.5. The van der Waals surface area contributed by atoms with Crippen molar-refractivity contribution in [3.63, 3.8) is 0 Å². The summed E-state index contributed by atoms with van der Waals surface area (Å²) in [6.45, 7) is 0. The van der Waals surface area contributed by atoms with Crippen LogP contribution in [0.4, 0.5) is 10.2 Å². The van der Waals surface area contributed by atoms with Gasteiger partial charge in [-0.1, -0.05) is 42.5 Å². The molecule has 0 bridgehead atoms. The SMILES string of the molecule is O=C(Nc1cccc(-c2ccc3ccccc3c2)n1)C1CC1F. The number of nitrogens with one attached hydrogen (secondary N) is 1. The van der Waals surface area contributed by atoms with Crippen LogP contribution in [0.15, 0.2) is 60.7 Å². The highest BCUT2D eigenvalue weighted by Gasteiger charge is 2.43. The Kier molecular flexibility index (Phi) is 3.30. The van der Waals surface area contributed by atoms with E-state index in [0.717, 1.165) is 16.6 Å². The molecule has 0 saturated heterocycles. The molecule has 1 aliphatic carbocycles. The molecule has 2 unspecified atom stereocenters. The molecule has 4 rings (SSSR count). The number of anilines is 1. The van der Waals surface area contributed by atoms with Gasteiger partial charge >= 0.3 is 0 Å². The van der Waals surface area contributed by atoms with Gasteiger partial charge in [0.25, 0.3) is 0 Å². The second-order valence-electron chi connectivity index (χ2n) is 5.82. The van der Waals surface area contributed by atoms with Gasteiger partial charge in [-0.05, 0) is 35.4 Å². The Morgan fingerprint density at radius 2 is 1.83 bits per heavy atom. The molecule has 1 aliphatic rings. The lowest BCUT2D eigenvalue weighted by molar-refractivity contribution is -0.117. The Hall–Kier alpha value is -2.75. The summed E-state index contributed by atoms with van der Waals surface area (Å²) in [7, 11) is 0. The molecule has 1 fully saturated rings. The fourth-order valence-corrected chi connectivity index (χ4v) is 2.67. The average molecular weight is 306 g/mol. The number of benzene rings is 2. The number of aromatic nitrogens is 1. The van der Waals surface area contributed by atoms with Crippen molar-refractivity contribution in [2.24, 2.45) is 5.92 Å². The topological polar surface area (TPSA) is 42.0 Å². The summed E-state index contributed by atoms with van der Waals surface area (Å²) in [6, 6.07) is 19.7. The first-order valence-corrected chi connectivity index (χ1v) is 7.62. The van der Waals surface area contributed by atoms with E-state index in [1.54, 1.807) is 6.07 Å². The van der Waals surface area contributed by atoms with E-state index in [2.05, 4.69) is 34.6 Å². The van der Waals surface area contributed by atoms with Crippen LogP contribution in [0.1, 0.15) is 6.42 Å². The fraction of sp³-hybridized carbons (Fsp3) is 0.158. The Labute approximate surface area is 133 Å². The number of rotatable bonds is 3. The molecule has 23 heavy (non-hydrogen) atoms. The van der Waals surface area contributed by atoms with Crippen molar-refractivity contribution in [3.05, 3.63) is 60.7 Å². The van der Waals surface area contributed by atoms with Crippen LogP contribution >= 0.6 is 0 Å². The summed E-state index contributed by atoms with van der Waals surface area (Å²) in [5.74, 6) is -0.346. The van der Waals surface area contributed by atoms with Gasteiger partial charge in [0.15, 0.2) is 0 Å². The third-order valence-corrected chi connectivity index (χ3v) is 4.09. The predicted molar refractivity (Wildman–Crippen MR) is 88.8 cm³/mol. The van der Waals surface area contributed by atoms with Gasteiger partial charge in [0.2, 0.25) is 5.91 Å². The standard InChI is InChI=1S/C19H15FN2O/c20-16-11-15(16)19(23)22-18-7-3-6-17(21-18)14-9-8-12-4-1-2-5-13(12)10-14/h1-10,15-16H,11H2,(H,21,22,23). The second-order valence-corrected chi connectivity index (χ2v) is 5.82. The Bertz CT molecular complexity index is 893. The van der Waals surface area contributed by atoms with E-state index < -0.39 is 12.1 Å². The molecule has 2 aromatic carbocycles. The zero-order valence-corrected chi connectivity index (χ0v) is 12.4. The van der Waals surface area contributed by atoms with Crippen LogP contribution in [0, 0.1) is 5.92 Å². The molecule has 3 aromatic rings. The van der Waals surface area contributed by atoms with E-state index in [-0.39, 0.29) is 5.91 Å². The summed E-state index contributed by atoms with van der Waals surface area (Å²) in [5, 5.41) is 5.00. The van der Waals surface area contributed by atoms with Crippen molar-refractivity contribution >= 4 is 22.5 Å². The molecule has 1 amide bonds. The lowest BCUT2D eigenvalue weighted by atomic mass is 10.0. The molecule has 0 radical (unpaired) electrons. The Morgan fingerprint density at radius 1 is 1.04 bits per heavy atom. The first kappa shape index (κ1) is 13.9. The van der Waals surface area contributed by atoms with E-state index >= 15 is 0 Å². The molecular formula is C19H15FN2O. The molecule has 4 heteroatoms. The molecular weight excluding hydrogens is 291 g/mol. The molecule has 1 N–H and O–H groups in total. The number of carbonyl (C=O) groups is 1. The van der Waals surface area contributed by atoms with Crippen molar-refractivity contribution in [3.8, 4) is 11.3 Å². The summed E-state index contributed by atoms with van der Waals surface area (Å²) >= 11 is 0. The average Bonchev–Trinajstić information content (AvgIpc) is 3.32. The molecule has 0 aliphatic heterocycles. The van der Waals surface area contributed by atoms with Gasteiger partial charge in [-0.15, -0.1) is 0 Å². The van der Waals surface area contributed by atoms with Gasteiger partial charge in [-0.3, -0.25) is 4.79 Å². The van der Waals surface area contributed by atoms with Crippen LogP contribution < -0.4 is 5.32 Å². The van der Waals surface area contributed by atoms with Crippen molar-refractivity contribution in [1.29, 1.82) is 0 Å². The maximum Gasteiger partial charge on any atom is 0.231 e. The number of pyridine rings is 1.